The summed E-state index contributed by atoms with van der Waals surface area (Å²) in [6.07, 6.45) is 3.40. The number of nitrogens with zero attached hydrogens (tertiary/aromatic N) is 2. The Morgan fingerprint density at radius 3 is 2.63 bits per heavy atom. The summed E-state index contributed by atoms with van der Waals surface area (Å²) in [5, 5.41) is 4.92. The number of nitrogens with one attached hydrogen (secondary N) is 2. The quantitative estimate of drug-likeness (QED) is 0.175. The Hall–Kier alpha value is -1.73. The largest absolute Gasteiger partial charge is 0.346 e. The molecule has 0 unspecified atom stereocenters. The van der Waals surface area contributed by atoms with E-state index in [9.17, 15) is 9.00 Å². The maximum absolute atomic E-state index is 13.2. The van der Waals surface area contributed by atoms with Crippen LogP contribution in [0.4, 0.5) is 0 Å². The Balaban J connectivity index is 1.35. The summed E-state index contributed by atoms with van der Waals surface area (Å²) in [6.45, 7) is 2.77. The highest BCUT2D eigenvalue weighted by Gasteiger charge is 2.17. The maximum Gasteiger partial charge on any atom is 0.270 e. The van der Waals surface area contributed by atoms with Crippen molar-refractivity contribution >= 4 is 67.2 Å². The molecule has 6 nitrogen and oxygen atoms in total. The highest BCUT2D eigenvalue weighted by Crippen LogP contribution is 2.35. The van der Waals surface area contributed by atoms with Gasteiger partial charge in [-0.3, -0.25) is 14.0 Å². The summed E-state index contributed by atoms with van der Waals surface area (Å²) < 4.78 is 18.3. The van der Waals surface area contributed by atoms with Gasteiger partial charge in [-0.25, -0.2) is 9.71 Å². The zero-order chi connectivity index (χ0) is 21.1. The molecular formula is C20H19IN4O2S3. The SMILES string of the molecule is Cc1ncc(CNC(=O)c2ccc(CN[SH](=O)(I)c3cc4ccccc4s3)cn2)s1. The number of carbonyl (C=O) groups excluding carboxylic acids is 1. The van der Waals surface area contributed by atoms with Gasteiger partial charge in [-0.15, -0.1) is 22.7 Å². The smallest absolute Gasteiger partial charge is 0.270 e. The van der Waals surface area contributed by atoms with Crippen molar-refractivity contribution in [1.82, 2.24) is 20.0 Å². The molecule has 0 fully saturated rings. The summed E-state index contributed by atoms with van der Waals surface area (Å²) in [7, 11) is -2.73. The molecule has 3 aromatic heterocycles. The van der Waals surface area contributed by atoms with Crippen LogP contribution in [0, 0.1) is 6.92 Å². The second kappa shape index (κ2) is 9.18. The van der Waals surface area contributed by atoms with E-state index in [1.54, 1.807) is 41.1 Å². The number of thiophene rings is 1. The normalized spacial score (nSPS) is 12.2. The fraction of sp³-hybridized carbons (Fsp3) is 0.150. The van der Waals surface area contributed by atoms with Gasteiger partial charge in [0.15, 0.2) is 0 Å². The third-order valence-electron chi connectivity index (χ3n) is 4.33. The van der Waals surface area contributed by atoms with Crippen molar-refractivity contribution in [3.8, 4) is 0 Å². The van der Waals surface area contributed by atoms with Crippen molar-refractivity contribution in [2.45, 2.75) is 24.2 Å². The average molecular weight is 571 g/mol. The predicted octanol–water partition coefficient (Wildman–Crippen LogP) is 4.42. The van der Waals surface area contributed by atoms with Crippen LogP contribution < -0.4 is 10.0 Å². The number of benzene rings is 1. The van der Waals surface area contributed by atoms with Gasteiger partial charge >= 0.3 is 0 Å². The van der Waals surface area contributed by atoms with Gasteiger partial charge in [0.05, 0.1) is 15.8 Å². The second-order valence-electron chi connectivity index (χ2n) is 6.57. The van der Waals surface area contributed by atoms with Crippen LogP contribution in [0.5, 0.6) is 0 Å². The third-order valence-corrected chi connectivity index (χ3v) is 12.0. The summed E-state index contributed by atoms with van der Waals surface area (Å²) in [5.74, 6) is -0.231. The first kappa shape index (κ1) is 21.5. The first-order chi connectivity index (χ1) is 14.4. The number of carbonyl (C=O) groups is 1. The van der Waals surface area contributed by atoms with Crippen molar-refractivity contribution < 1.29 is 9.00 Å². The highest BCUT2D eigenvalue weighted by atomic mass is 127. The molecule has 1 amide bonds. The predicted molar refractivity (Wildman–Crippen MR) is 133 cm³/mol. The lowest BCUT2D eigenvalue weighted by molar-refractivity contribution is 0.0946. The van der Waals surface area contributed by atoms with Crippen molar-refractivity contribution in [1.29, 1.82) is 0 Å². The van der Waals surface area contributed by atoms with E-state index >= 15 is 0 Å². The minimum Gasteiger partial charge on any atom is -0.346 e. The van der Waals surface area contributed by atoms with E-state index in [4.69, 9.17) is 0 Å². The minimum absolute atomic E-state index is 0.231. The summed E-state index contributed by atoms with van der Waals surface area (Å²) in [4.78, 5) is 21.7. The zero-order valence-electron chi connectivity index (χ0n) is 16.0. The van der Waals surface area contributed by atoms with Crippen molar-refractivity contribution in [2.24, 2.45) is 0 Å². The molecule has 0 bridgehead atoms. The second-order valence-corrected chi connectivity index (χ2v) is 15.2. The van der Waals surface area contributed by atoms with Crippen molar-refractivity contribution in [3.63, 3.8) is 0 Å². The average Bonchev–Trinajstić information content (AvgIpc) is 3.37. The molecule has 0 saturated heterocycles. The molecule has 30 heavy (non-hydrogen) atoms. The molecule has 4 rings (SSSR count). The zero-order valence-corrected chi connectivity index (χ0v) is 20.6. The number of rotatable bonds is 7. The number of fused-ring (bicyclic) bond motifs is 1. The number of aromatic nitrogens is 2. The standard InChI is InChI=1S/C20H19IN4O2S3/c1-13-22-11-16(28-13)12-24-20(26)17-7-6-14(9-23-17)10-25-30(21,27)19-8-15-4-2-3-5-18(15)29-19/h2-9,11,30H,10,12H2,1H3,(H,24,26)(H,25,27). The molecule has 0 spiro atoms. The molecule has 0 aliphatic carbocycles. The Morgan fingerprint density at radius 2 is 1.93 bits per heavy atom. The van der Waals surface area contributed by atoms with Crippen molar-refractivity contribution in [3.05, 3.63) is 76.0 Å². The number of thiazole rings is 1. The first-order valence-electron chi connectivity index (χ1n) is 9.09. The fourth-order valence-corrected chi connectivity index (χ4v) is 7.95. The van der Waals surface area contributed by atoms with Crippen LogP contribution in [-0.4, -0.2) is 20.1 Å². The number of aryl methyl sites for hydroxylation is 1. The Kier molecular flexibility index (Phi) is 6.58. The topological polar surface area (TPSA) is 84.0 Å². The molecule has 4 aromatic rings. The van der Waals surface area contributed by atoms with E-state index in [2.05, 4.69) is 20.0 Å². The molecule has 0 aliphatic heterocycles. The first-order valence-corrected chi connectivity index (χ1v) is 15.2. The Bertz CT molecular complexity index is 1200. The third kappa shape index (κ3) is 5.11. The van der Waals surface area contributed by atoms with Crippen LogP contribution in [0.15, 0.2) is 59.1 Å². The number of amides is 1. The Morgan fingerprint density at radius 1 is 1.10 bits per heavy atom. The molecule has 156 valence electrons. The van der Waals surface area contributed by atoms with Gasteiger partial charge in [-0.05, 0) is 36.1 Å². The molecule has 10 heteroatoms. The van der Waals surface area contributed by atoms with Crippen LogP contribution in [0.1, 0.15) is 25.9 Å². The molecular weight excluding hydrogens is 551 g/mol. The van der Waals surface area contributed by atoms with Crippen molar-refractivity contribution in [2.75, 3.05) is 0 Å². The summed E-state index contributed by atoms with van der Waals surface area (Å²) in [6, 6.07) is 13.5. The minimum atomic E-state index is -2.73. The van der Waals surface area contributed by atoms with Gasteiger partial charge < -0.3 is 5.32 Å². The number of pyridine rings is 1. The van der Waals surface area contributed by atoms with Crippen LogP contribution in [-0.2, 0) is 20.4 Å². The van der Waals surface area contributed by atoms with E-state index in [0.29, 0.717) is 18.8 Å². The molecule has 3 heterocycles. The fourth-order valence-electron chi connectivity index (χ4n) is 2.79. The molecule has 1 aromatic carbocycles. The van der Waals surface area contributed by atoms with Gasteiger partial charge in [-0.2, -0.15) is 0 Å². The van der Waals surface area contributed by atoms with E-state index in [0.717, 1.165) is 29.7 Å². The van der Waals surface area contributed by atoms with Gasteiger partial charge in [0, 0.05) is 57.0 Å². The number of thiol groups is 1. The summed E-state index contributed by atoms with van der Waals surface area (Å²) in [5.41, 5.74) is 1.21. The molecule has 0 atom stereocenters. The van der Waals surface area contributed by atoms with Crippen LogP contribution in [0.25, 0.3) is 10.1 Å². The molecule has 0 radical (unpaired) electrons. The lowest BCUT2D eigenvalue weighted by Gasteiger charge is -2.16. The van der Waals surface area contributed by atoms with Crippen LogP contribution >= 0.6 is 43.9 Å². The Labute approximate surface area is 195 Å². The van der Waals surface area contributed by atoms with Gasteiger partial charge in [0.1, 0.15) is 5.69 Å². The van der Waals surface area contributed by atoms with E-state index in [-0.39, 0.29) is 5.91 Å². The van der Waals surface area contributed by atoms with E-state index in [1.165, 1.54) is 0 Å². The number of hydrogen-bond donors (Lipinski definition) is 3. The number of hydrogen-bond acceptors (Lipinski definition) is 6. The van der Waals surface area contributed by atoms with Gasteiger partial charge in [-0.1, -0.05) is 24.3 Å². The lowest BCUT2D eigenvalue weighted by Crippen LogP contribution is -2.25. The van der Waals surface area contributed by atoms with Crippen LogP contribution in [0.3, 0.4) is 0 Å². The monoisotopic (exact) mass is 570 g/mol. The van der Waals surface area contributed by atoms with Gasteiger partial charge in [0.2, 0.25) is 0 Å². The van der Waals surface area contributed by atoms with E-state index < -0.39 is 7.29 Å². The number of halogens is 1. The maximum atomic E-state index is 13.2. The van der Waals surface area contributed by atoms with Crippen LogP contribution in [0.2, 0.25) is 0 Å². The molecule has 0 aliphatic rings. The molecule has 2 N–H and O–H groups in total. The summed E-state index contributed by atoms with van der Waals surface area (Å²) >= 11 is 5.11. The highest BCUT2D eigenvalue weighted by molar-refractivity contribution is 14.2. The van der Waals surface area contributed by atoms with E-state index in [1.807, 2.05) is 64.5 Å². The lowest BCUT2D eigenvalue weighted by atomic mass is 10.2. The van der Waals surface area contributed by atoms with Gasteiger partial charge in [0.25, 0.3) is 5.91 Å². The molecule has 0 saturated carbocycles.